The first-order chi connectivity index (χ1) is 36.1. The zero-order valence-corrected chi connectivity index (χ0v) is 41.1. The summed E-state index contributed by atoms with van der Waals surface area (Å²) in [6.07, 6.45) is 5.78. The average Bonchev–Trinajstić information content (AvgIpc) is 4.04. The molecule has 73 heavy (non-hydrogen) atoms. The van der Waals surface area contributed by atoms with Crippen molar-refractivity contribution in [3.63, 3.8) is 0 Å². The molecule has 2 aromatic heterocycles. The lowest BCUT2D eigenvalue weighted by atomic mass is 9.82. The number of allylic oxidation sites excluding steroid dienone is 1. The molecular weight excluding hydrogens is 905 g/mol. The van der Waals surface area contributed by atoms with Crippen molar-refractivity contribution in [3.8, 4) is 33.4 Å². The molecule has 3 nitrogen and oxygen atoms in total. The number of nitrogens with zero attached hydrogens (tertiary/aromatic N) is 2. The van der Waals surface area contributed by atoms with Gasteiger partial charge in [0.1, 0.15) is 5.58 Å². The first kappa shape index (κ1) is 42.9. The van der Waals surface area contributed by atoms with Crippen molar-refractivity contribution < 1.29 is 4.42 Å². The second-order valence-electron chi connectivity index (χ2n) is 19.2. The standard InChI is InChI=1S/C69H48N2OS/c1-45-19-17-29-56-60-43-49(46-35-38-51(39-36-46)70(50-24-9-4-10-25-50)61-31-14-11-26-53(61)47-20-5-2-6-21-47)37-41-58(60)69-67(66(45)56)59-42-40-52(44-65(59)73-69)71(62-32-15-12-27-54(62)48-22-7-3-8-23-48)63-33-18-30-57-55-28-13-16-34-64(55)72-68(57)63/h2-18,20-45H,19H2,1H3. The van der Waals surface area contributed by atoms with Crippen LogP contribution in [0.4, 0.5) is 34.1 Å². The topological polar surface area (TPSA) is 19.6 Å². The Bertz CT molecular complexity index is 4250. The van der Waals surface area contributed by atoms with Crippen LogP contribution in [0.15, 0.2) is 253 Å². The van der Waals surface area contributed by atoms with Gasteiger partial charge in [0, 0.05) is 64.5 Å². The fourth-order valence-electron chi connectivity index (χ4n) is 11.5. The van der Waals surface area contributed by atoms with E-state index in [1.54, 1.807) is 0 Å². The van der Waals surface area contributed by atoms with E-state index in [0.717, 1.165) is 73.6 Å². The predicted octanol–water partition coefficient (Wildman–Crippen LogP) is 20.6. The summed E-state index contributed by atoms with van der Waals surface area (Å²) in [6.45, 7) is 2.40. The number of thiophene rings is 1. The van der Waals surface area contributed by atoms with E-state index in [0.29, 0.717) is 5.92 Å². The minimum atomic E-state index is 0.370. The summed E-state index contributed by atoms with van der Waals surface area (Å²) in [5, 5.41) is 7.51. The van der Waals surface area contributed by atoms with Gasteiger partial charge in [-0.2, -0.15) is 0 Å². The number of hydrogen-bond donors (Lipinski definition) is 0. The van der Waals surface area contributed by atoms with Gasteiger partial charge in [-0.3, -0.25) is 0 Å². The van der Waals surface area contributed by atoms with Gasteiger partial charge >= 0.3 is 0 Å². The van der Waals surface area contributed by atoms with Crippen molar-refractivity contribution in [3.05, 3.63) is 260 Å². The Labute approximate surface area is 428 Å². The van der Waals surface area contributed by atoms with Gasteiger partial charge < -0.3 is 14.2 Å². The number of rotatable bonds is 9. The monoisotopic (exact) mass is 952 g/mol. The number of anilines is 6. The summed E-state index contributed by atoms with van der Waals surface area (Å²) < 4.78 is 9.38. The van der Waals surface area contributed by atoms with Crippen LogP contribution in [0.2, 0.25) is 0 Å². The molecule has 346 valence electrons. The molecule has 0 saturated carbocycles. The fourth-order valence-corrected chi connectivity index (χ4v) is 12.8. The Morgan fingerprint density at radius 2 is 1.00 bits per heavy atom. The van der Waals surface area contributed by atoms with E-state index in [4.69, 9.17) is 4.42 Å². The lowest BCUT2D eigenvalue weighted by molar-refractivity contribution is 0.669. The van der Waals surface area contributed by atoms with Gasteiger partial charge in [0.15, 0.2) is 5.58 Å². The van der Waals surface area contributed by atoms with E-state index in [-0.39, 0.29) is 0 Å². The quantitative estimate of drug-likeness (QED) is 0.144. The normalized spacial score (nSPS) is 13.3. The fraction of sp³-hybridized carbons (Fsp3) is 0.0435. The molecule has 1 aliphatic carbocycles. The van der Waals surface area contributed by atoms with E-state index in [9.17, 15) is 0 Å². The zero-order valence-electron chi connectivity index (χ0n) is 40.2. The lowest BCUT2D eigenvalue weighted by Crippen LogP contribution is -2.11. The SMILES string of the molecule is CC1CC=Cc2c1c1c3ccc(N(c4ccccc4-c4ccccc4)c4cccc5c4oc4ccccc45)cc3sc1c1ccc(-c3ccc(N(c4ccccc4)c4ccccc4-c4ccccc4)cc3)cc21. The number of para-hydroxylation sites is 5. The highest BCUT2D eigenvalue weighted by Crippen LogP contribution is 2.51. The summed E-state index contributed by atoms with van der Waals surface area (Å²) >= 11 is 1.92. The number of fused-ring (bicyclic) bond motifs is 11. The van der Waals surface area contributed by atoms with Crippen molar-refractivity contribution >= 4 is 104 Å². The van der Waals surface area contributed by atoms with Gasteiger partial charge in [-0.1, -0.05) is 195 Å². The smallest absolute Gasteiger partial charge is 0.159 e. The highest BCUT2D eigenvalue weighted by Gasteiger charge is 2.27. The first-order valence-corrected chi connectivity index (χ1v) is 26.0. The van der Waals surface area contributed by atoms with E-state index in [2.05, 4.69) is 265 Å². The molecule has 11 aromatic carbocycles. The summed E-state index contributed by atoms with van der Waals surface area (Å²) in [5.74, 6) is 0.370. The number of benzene rings is 11. The minimum absolute atomic E-state index is 0.370. The maximum atomic E-state index is 6.78. The Morgan fingerprint density at radius 1 is 0.425 bits per heavy atom. The summed E-state index contributed by atoms with van der Waals surface area (Å²) in [4.78, 5) is 4.79. The maximum absolute atomic E-state index is 6.78. The number of furan rings is 1. The van der Waals surface area contributed by atoms with E-state index >= 15 is 0 Å². The molecule has 0 radical (unpaired) electrons. The molecule has 4 heteroatoms. The second kappa shape index (κ2) is 17.7. The van der Waals surface area contributed by atoms with Crippen LogP contribution in [-0.2, 0) is 0 Å². The van der Waals surface area contributed by atoms with Crippen molar-refractivity contribution in [2.45, 2.75) is 19.3 Å². The lowest BCUT2D eigenvalue weighted by Gasteiger charge is -2.28. The van der Waals surface area contributed by atoms with E-state index < -0.39 is 0 Å². The molecule has 0 bridgehead atoms. The van der Waals surface area contributed by atoms with Gasteiger partial charge in [0.25, 0.3) is 0 Å². The Morgan fingerprint density at radius 3 is 1.74 bits per heavy atom. The highest BCUT2D eigenvalue weighted by atomic mass is 32.1. The van der Waals surface area contributed by atoms with Crippen LogP contribution in [-0.4, -0.2) is 0 Å². The largest absolute Gasteiger partial charge is 0.454 e. The van der Waals surface area contributed by atoms with Crippen LogP contribution in [0, 0.1) is 0 Å². The third-order valence-corrected chi connectivity index (χ3v) is 16.1. The maximum Gasteiger partial charge on any atom is 0.159 e. The van der Waals surface area contributed by atoms with Gasteiger partial charge in [0.2, 0.25) is 0 Å². The van der Waals surface area contributed by atoms with E-state index in [1.165, 1.54) is 64.3 Å². The van der Waals surface area contributed by atoms with Crippen LogP contribution >= 0.6 is 11.3 Å². The molecule has 0 spiro atoms. The highest BCUT2D eigenvalue weighted by molar-refractivity contribution is 7.26. The molecule has 0 amide bonds. The van der Waals surface area contributed by atoms with Crippen LogP contribution in [0.5, 0.6) is 0 Å². The second-order valence-corrected chi connectivity index (χ2v) is 20.2. The minimum Gasteiger partial charge on any atom is -0.454 e. The third kappa shape index (κ3) is 7.25. The molecule has 14 rings (SSSR count). The van der Waals surface area contributed by atoms with Crippen molar-refractivity contribution in [2.75, 3.05) is 9.80 Å². The average molecular weight is 953 g/mol. The van der Waals surface area contributed by atoms with Crippen LogP contribution in [0.1, 0.15) is 30.4 Å². The number of hydrogen-bond acceptors (Lipinski definition) is 4. The van der Waals surface area contributed by atoms with Crippen molar-refractivity contribution in [2.24, 2.45) is 0 Å². The van der Waals surface area contributed by atoms with Crippen LogP contribution < -0.4 is 9.80 Å². The molecule has 1 aliphatic rings. The van der Waals surface area contributed by atoms with Crippen LogP contribution in [0.25, 0.3) is 92.3 Å². The first-order valence-electron chi connectivity index (χ1n) is 25.2. The molecule has 0 aliphatic heterocycles. The molecule has 0 N–H and O–H groups in total. The molecular formula is C69H48N2OS. The summed E-state index contributed by atoms with van der Waals surface area (Å²) in [7, 11) is 0. The van der Waals surface area contributed by atoms with E-state index in [1.807, 2.05) is 17.4 Å². The van der Waals surface area contributed by atoms with Crippen molar-refractivity contribution in [1.82, 2.24) is 0 Å². The predicted molar refractivity (Wildman–Crippen MR) is 312 cm³/mol. The molecule has 1 atom stereocenters. The molecule has 0 saturated heterocycles. The van der Waals surface area contributed by atoms with Crippen molar-refractivity contribution in [1.29, 1.82) is 0 Å². The summed E-state index contributed by atoms with van der Waals surface area (Å²) in [6, 6.07) is 87.8. The van der Waals surface area contributed by atoms with Gasteiger partial charge in [-0.25, -0.2) is 0 Å². The Kier molecular flexibility index (Phi) is 10.4. The zero-order chi connectivity index (χ0) is 48.4. The van der Waals surface area contributed by atoms with Gasteiger partial charge in [-0.15, -0.1) is 11.3 Å². The molecule has 0 fully saturated rings. The molecule has 2 heterocycles. The Hall–Kier alpha value is -8.96. The molecule has 1 unspecified atom stereocenters. The third-order valence-electron chi connectivity index (χ3n) is 14.9. The van der Waals surface area contributed by atoms with Crippen LogP contribution in [0.3, 0.4) is 0 Å². The summed E-state index contributed by atoms with van der Waals surface area (Å²) in [5.41, 5.74) is 18.2. The molecule has 13 aromatic rings. The Balaban J connectivity index is 0.911. The van der Waals surface area contributed by atoms with Gasteiger partial charge in [-0.05, 0) is 118 Å². The van der Waals surface area contributed by atoms with Gasteiger partial charge in [0.05, 0.1) is 17.1 Å².